The first kappa shape index (κ1) is 12.8. The Morgan fingerprint density at radius 1 is 1.59 bits per heavy atom. The summed E-state index contributed by atoms with van der Waals surface area (Å²) in [5.74, 6) is 0.638. The molecule has 96 valence electrons. The average Bonchev–Trinajstić information content (AvgIpc) is 2.71. The molecule has 0 saturated carbocycles. The first-order chi connectivity index (χ1) is 8.24. The third kappa shape index (κ3) is 2.97. The number of thiazole rings is 1. The molecule has 2 N–H and O–H groups in total. The predicted octanol–water partition coefficient (Wildman–Crippen LogP) is 1.77. The lowest BCUT2D eigenvalue weighted by Crippen LogP contribution is -2.37. The topological polar surface area (TPSA) is 51.4 Å². The van der Waals surface area contributed by atoms with Crippen LogP contribution >= 0.6 is 11.3 Å². The van der Waals surface area contributed by atoms with Gasteiger partial charge in [-0.25, -0.2) is 4.98 Å². The summed E-state index contributed by atoms with van der Waals surface area (Å²) < 4.78 is 5.25. The zero-order valence-electron chi connectivity index (χ0n) is 10.6. The molecule has 4 nitrogen and oxygen atoms in total. The van der Waals surface area contributed by atoms with E-state index in [1.165, 1.54) is 17.7 Å². The largest absolute Gasteiger partial charge is 0.384 e. The van der Waals surface area contributed by atoms with Crippen LogP contribution in [-0.2, 0) is 11.3 Å². The van der Waals surface area contributed by atoms with E-state index in [1.807, 2.05) is 6.92 Å². The standard InChI is InChI=1S/C12H21N3OS/c1-9-11(6-13)17-12(14-9)15-5-3-4-10(7-15)8-16-2/h10H,3-8,13H2,1-2H3. The fraction of sp³-hybridized carbons (Fsp3) is 0.750. The van der Waals surface area contributed by atoms with Gasteiger partial charge in [-0.2, -0.15) is 0 Å². The van der Waals surface area contributed by atoms with Crippen LogP contribution in [-0.4, -0.2) is 31.8 Å². The number of rotatable bonds is 4. The molecule has 1 unspecified atom stereocenters. The van der Waals surface area contributed by atoms with Crippen LogP contribution in [0.5, 0.6) is 0 Å². The van der Waals surface area contributed by atoms with Crippen molar-refractivity contribution in [2.24, 2.45) is 11.7 Å². The number of hydrogen-bond donors (Lipinski definition) is 1. The van der Waals surface area contributed by atoms with Gasteiger partial charge in [0.05, 0.1) is 12.3 Å². The number of nitrogens with two attached hydrogens (primary N) is 1. The molecule has 1 saturated heterocycles. The lowest BCUT2D eigenvalue weighted by molar-refractivity contribution is 0.143. The first-order valence-electron chi connectivity index (χ1n) is 6.14. The maximum absolute atomic E-state index is 5.70. The van der Waals surface area contributed by atoms with Crippen molar-refractivity contribution in [1.29, 1.82) is 0 Å². The minimum atomic E-state index is 0.596. The summed E-state index contributed by atoms with van der Waals surface area (Å²) in [6.45, 7) is 5.66. The Bertz CT molecular complexity index is 365. The summed E-state index contributed by atoms with van der Waals surface area (Å²) >= 11 is 1.74. The smallest absolute Gasteiger partial charge is 0.185 e. The van der Waals surface area contributed by atoms with Gasteiger partial charge in [0.25, 0.3) is 0 Å². The van der Waals surface area contributed by atoms with Gasteiger partial charge in [-0.1, -0.05) is 0 Å². The number of anilines is 1. The molecule has 1 aliphatic rings. The summed E-state index contributed by atoms with van der Waals surface area (Å²) in [4.78, 5) is 8.20. The van der Waals surface area contributed by atoms with Crippen molar-refractivity contribution in [3.63, 3.8) is 0 Å². The molecule has 1 atom stereocenters. The van der Waals surface area contributed by atoms with E-state index in [4.69, 9.17) is 10.5 Å². The summed E-state index contributed by atoms with van der Waals surface area (Å²) in [6.07, 6.45) is 2.49. The normalized spacial score (nSPS) is 20.9. The van der Waals surface area contributed by atoms with Crippen LogP contribution in [0.25, 0.3) is 0 Å². The van der Waals surface area contributed by atoms with Crippen molar-refractivity contribution in [1.82, 2.24) is 4.98 Å². The summed E-state index contributed by atoms with van der Waals surface area (Å²) in [7, 11) is 1.78. The van der Waals surface area contributed by atoms with Gasteiger partial charge in [-0.15, -0.1) is 11.3 Å². The van der Waals surface area contributed by atoms with Gasteiger partial charge in [0, 0.05) is 31.6 Å². The Labute approximate surface area is 107 Å². The number of methoxy groups -OCH3 is 1. The van der Waals surface area contributed by atoms with Crippen LogP contribution in [0.3, 0.4) is 0 Å². The Morgan fingerprint density at radius 2 is 2.41 bits per heavy atom. The fourth-order valence-electron chi connectivity index (χ4n) is 2.35. The second-order valence-electron chi connectivity index (χ2n) is 4.62. The van der Waals surface area contributed by atoms with E-state index in [9.17, 15) is 0 Å². The second-order valence-corrected chi connectivity index (χ2v) is 5.68. The average molecular weight is 255 g/mol. The monoisotopic (exact) mass is 255 g/mol. The Kier molecular flexibility index (Phi) is 4.36. The maximum Gasteiger partial charge on any atom is 0.185 e. The number of ether oxygens (including phenoxy) is 1. The number of piperidine rings is 1. The highest BCUT2D eigenvalue weighted by Gasteiger charge is 2.22. The molecule has 17 heavy (non-hydrogen) atoms. The van der Waals surface area contributed by atoms with Gasteiger partial charge in [0.15, 0.2) is 5.13 Å². The molecule has 5 heteroatoms. The lowest BCUT2D eigenvalue weighted by atomic mass is 9.99. The molecule has 1 fully saturated rings. The van der Waals surface area contributed by atoms with Crippen molar-refractivity contribution in [2.75, 3.05) is 31.7 Å². The first-order valence-corrected chi connectivity index (χ1v) is 6.96. The van der Waals surface area contributed by atoms with Gasteiger partial charge in [0.2, 0.25) is 0 Å². The van der Waals surface area contributed by atoms with Crippen LogP contribution in [0, 0.1) is 12.8 Å². The van der Waals surface area contributed by atoms with E-state index in [0.717, 1.165) is 30.5 Å². The quantitative estimate of drug-likeness (QED) is 0.891. The Balaban J connectivity index is 2.05. The van der Waals surface area contributed by atoms with Crippen LogP contribution in [0.4, 0.5) is 5.13 Å². The molecule has 0 bridgehead atoms. The Morgan fingerprint density at radius 3 is 3.06 bits per heavy atom. The van der Waals surface area contributed by atoms with E-state index >= 15 is 0 Å². The SMILES string of the molecule is COCC1CCCN(c2nc(C)c(CN)s2)C1. The van der Waals surface area contributed by atoms with Crippen molar-refractivity contribution in [3.05, 3.63) is 10.6 Å². The van der Waals surface area contributed by atoms with Crippen molar-refractivity contribution in [3.8, 4) is 0 Å². The highest BCUT2D eigenvalue weighted by molar-refractivity contribution is 7.15. The molecule has 0 amide bonds. The number of aromatic nitrogens is 1. The molecule has 0 radical (unpaired) electrons. The van der Waals surface area contributed by atoms with Gasteiger partial charge in [-0.05, 0) is 25.7 Å². The van der Waals surface area contributed by atoms with E-state index in [-0.39, 0.29) is 0 Å². The van der Waals surface area contributed by atoms with Crippen LogP contribution in [0.2, 0.25) is 0 Å². The van der Waals surface area contributed by atoms with Gasteiger partial charge in [0.1, 0.15) is 0 Å². The van der Waals surface area contributed by atoms with Crippen LogP contribution in [0.15, 0.2) is 0 Å². The van der Waals surface area contributed by atoms with Crippen LogP contribution < -0.4 is 10.6 Å². The minimum Gasteiger partial charge on any atom is -0.384 e. The second kappa shape index (κ2) is 5.80. The molecule has 0 spiro atoms. The summed E-state index contributed by atoms with van der Waals surface area (Å²) in [5.41, 5.74) is 6.79. The predicted molar refractivity (Wildman–Crippen MR) is 71.6 cm³/mol. The molecule has 2 heterocycles. The molecule has 0 aromatic carbocycles. The van der Waals surface area contributed by atoms with Gasteiger partial charge >= 0.3 is 0 Å². The molecular formula is C12H21N3OS. The van der Waals surface area contributed by atoms with Crippen LogP contribution in [0.1, 0.15) is 23.4 Å². The fourth-order valence-corrected chi connectivity index (χ4v) is 3.32. The molecule has 2 rings (SSSR count). The van der Waals surface area contributed by atoms with E-state index in [0.29, 0.717) is 12.5 Å². The van der Waals surface area contributed by atoms with Gasteiger partial charge in [-0.3, -0.25) is 0 Å². The highest BCUT2D eigenvalue weighted by Crippen LogP contribution is 2.29. The molecule has 1 aliphatic heterocycles. The third-order valence-electron chi connectivity index (χ3n) is 3.26. The van der Waals surface area contributed by atoms with Crippen molar-refractivity contribution in [2.45, 2.75) is 26.3 Å². The molecule has 0 aliphatic carbocycles. The lowest BCUT2D eigenvalue weighted by Gasteiger charge is -2.32. The third-order valence-corrected chi connectivity index (χ3v) is 4.50. The summed E-state index contributed by atoms with van der Waals surface area (Å²) in [6, 6.07) is 0. The summed E-state index contributed by atoms with van der Waals surface area (Å²) in [5, 5.41) is 1.13. The molecule has 1 aromatic rings. The van der Waals surface area contributed by atoms with E-state index < -0.39 is 0 Å². The molecular weight excluding hydrogens is 234 g/mol. The van der Waals surface area contributed by atoms with Crippen molar-refractivity contribution >= 4 is 16.5 Å². The Hall–Kier alpha value is -0.650. The van der Waals surface area contributed by atoms with E-state index in [1.54, 1.807) is 18.4 Å². The molecule has 1 aromatic heterocycles. The van der Waals surface area contributed by atoms with Crippen molar-refractivity contribution < 1.29 is 4.74 Å². The highest BCUT2D eigenvalue weighted by atomic mass is 32.1. The minimum absolute atomic E-state index is 0.596. The zero-order chi connectivity index (χ0) is 12.3. The number of nitrogens with zero attached hydrogens (tertiary/aromatic N) is 2. The zero-order valence-corrected chi connectivity index (χ0v) is 11.4. The number of aryl methyl sites for hydroxylation is 1. The van der Waals surface area contributed by atoms with E-state index in [2.05, 4.69) is 9.88 Å². The maximum atomic E-state index is 5.70. The number of hydrogen-bond acceptors (Lipinski definition) is 5. The van der Waals surface area contributed by atoms with Gasteiger partial charge < -0.3 is 15.4 Å².